The van der Waals surface area contributed by atoms with Gasteiger partial charge in [0.2, 0.25) is 0 Å². The van der Waals surface area contributed by atoms with Gasteiger partial charge in [-0.25, -0.2) is 0 Å². The number of carbonyl (C=O) groups excluding carboxylic acids is 1. The lowest BCUT2D eigenvalue weighted by molar-refractivity contribution is -0.122. The fourth-order valence-electron chi connectivity index (χ4n) is 1.87. The van der Waals surface area contributed by atoms with Gasteiger partial charge in [0.25, 0.3) is 5.91 Å². The van der Waals surface area contributed by atoms with E-state index in [4.69, 9.17) is 44.3 Å². The Kier molecular flexibility index (Phi) is 6.43. The number of rotatable bonds is 6. The Hall–Kier alpha value is -1.82. The van der Waals surface area contributed by atoms with E-state index < -0.39 is 5.91 Å². The number of halogens is 3. The zero-order valence-corrected chi connectivity index (χ0v) is 15.2. The smallest absolute Gasteiger partial charge is 0.276 e. The molecule has 0 saturated carbocycles. The van der Waals surface area contributed by atoms with Crippen molar-refractivity contribution in [2.24, 2.45) is 0 Å². The van der Waals surface area contributed by atoms with E-state index in [9.17, 15) is 4.79 Å². The Labute approximate surface area is 154 Å². The molecule has 0 aliphatic rings. The topological polar surface area (TPSA) is 59.6 Å². The first-order valence-corrected chi connectivity index (χ1v) is 8.01. The predicted molar refractivity (Wildman–Crippen MR) is 96.5 cm³/mol. The van der Waals surface area contributed by atoms with Crippen LogP contribution in [0.1, 0.15) is 5.56 Å². The molecule has 0 aliphatic heterocycles. The van der Waals surface area contributed by atoms with Crippen molar-refractivity contribution in [1.82, 2.24) is 5.43 Å². The second-order valence-electron chi connectivity index (χ2n) is 4.86. The molecule has 128 valence electrons. The van der Waals surface area contributed by atoms with E-state index in [1.807, 2.05) is 19.1 Å². The van der Waals surface area contributed by atoms with Gasteiger partial charge >= 0.3 is 0 Å². The summed E-state index contributed by atoms with van der Waals surface area (Å²) in [5, 5.41) is 0.972. The first kappa shape index (κ1) is 18.5. The SMILES string of the molecule is COc1cc(C)ccc1OCC(=O)NNc1c(Cl)cc(Cl)cc1Cl. The molecule has 0 radical (unpaired) electrons. The number of aryl methyl sites for hydroxylation is 1. The van der Waals surface area contributed by atoms with Crippen LogP contribution in [0.15, 0.2) is 30.3 Å². The maximum atomic E-state index is 11.9. The molecule has 2 aromatic rings. The highest BCUT2D eigenvalue weighted by molar-refractivity contribution is 6.41. The lowest BCUT2D eigenvalue weighted by atomic mass is 10.2. The molecule has 0 heterocycles. The van der Waals surface area contributed by atoms with Crippen LogP contribution >= 0.6 is 34.8 Å². The van der Waals surface area contributed by atoms with Gasteiger partial charge in [0.15, 0.2) is 18.1 Å². The number of anilines is 1. The molecule has 0 aliphatic carbocycles. The number of methoxy groups -OCH3 is 1. The fraction of sp³-hybridized carbons (Fsp3) is 0.188. The molecule has 0 saturated heterocycles. The highest BCUT2D eigenvalue weighted by atomic mass is 35.5. The Morgan fingerprint density at radius 3 is 2.38 bits per heavy atom. The first-order valence-electron chi connectivity index (χ1n) is 6.87. The maximum absolute atomic E-state index is 11.9. The molecular formula is C16H15Cl3N2O3. The Morgan fingerprint density at radius 2 is 1.75 bits per heavy atom. The van der Waals surface area contributed by atoms with E-state index in [1.54, 1.807) is 6.07 Å². The fourth-order valence-corrected chi connectivity index (χ4v) is 2.78. The molecule has 8 heteroatoms. The molecule has 2 aromatic carbocycles. The molecule has 2 N–H and O–H groups in total. The van der Waals surface area contributed by atoms with E-state index >= 15 is 0 Å². The van der Waals surface area contributed by atoms with Crippen LogP contribution in [0.25, 0.3) is 0 Å². The summed E-state index contributed by atoms with van der Waals surface area (Å²) in [7, 11) is 1.54. The number of carbonyl (C=O) groups is 1. The summed E-state index contributed by atoms with van der Waals surface area (Å²) in [5.74, 6) is 0.611. The molecule has 0 atom stereocenters. The van der Waals surface area contributed by atoms with Crippen molar-refractivity contribution in [3.05, 3.63) is 51.0 Å². The van der Waals surface area contributed by atoms with Crippen molar-refractivity contribution in [3.8, 4) is 11.5 Å². The van der Waals surface area contributed by atoms with Crippen molar-refractivity contribution in [1.29, 1.82) is 0 Å². The van der Waals surface area contributed by atoms with Crippen molar-refractivity contribution in [3.63, 3.8) is 0 Å². The number of amides is 1. The number of ether oxygens (including phenoxy) is 2. The lowest BCUT2D eigenvalue weighted by Gasteiger charge is -2.14. The van der Waals surface area contributed by atoms with Crippen LogP contribution in [0, 0.1) is 6.92 Å². The summed E-state index contributed by atoms with van der Waals surface area (Å²) < 4.78 is 10.7. The number of nitrogens with one attached hydrogen (secondary N) is 2. The summed E-state index contributed by atoms with van der Waals surface area (Å²) in [6, 6.07) is 8.44. The van der Waals surface area contributed by atoms with Gasteiger partial charge in [-0.3, -0.25) is 15.6 Å². The normalized spacial score (nSPS) is 10.2. The Balaban J connectivity index is 1.93. The van der Waals surface area contributed by atoms with Crippen LogP contribution in [-0.4, -0.2) is 19.6 Å². The third-order valence-electron chi connectivity index (χ3n) is 3.01. The molecular weight excluding hydrogens is 375 g/mol. The van der Waals surface area contributed by atoms with Crippen LogP contribution in [0.2, 0.25) is 15.1 Å². The molecule has 1 amide bonds. The summed E-state index contributed by atoms with van der Waals surface area (Å²) in [5.41, 5.74) is 6.48. The summed E-state index contributed by atoms with van der Waals surface area (Å²) in [6.07, 6.45) is 0. The highest BCUT2D eigenvalue weighted by Gasteiger charge is 2.11. The van der Waals surface area contributed by atoms with Crippen LogP contribution in [-0.2, 0) is 4.79 Å². The van der Waals surface area contributed by atoms with Gasteiger partial charge in [-0.2, -0.15) is 0 Å². The molecule has 0 fully saturated rings. The lowest BCUT2D eigenvalue weighted by Crippen LogP contribution is -2.33. The quantitative estimate of drug-likeness (QED) is 0.715. The van der Waals surface area contributed by atoms with Gasteiger partial charge in [-0.15, -0.1) is 0 Å². The van der Waals surface area contributed by atoms with Gasteiger partial charge in [-0.1, -0.05) is 40.9 Å². The minimum absolute atomic E-state index is 0.213. The Bertz CT molecular complexity index is 730. The maximum Gasteiger partial charge on any atom is 0.276 e. The van der Waals surface area contributed by atoms with Gasteiger partial charge in [0.1, 0.15) is 0 Å². The van der Waals surface area contributed by atoms with Crippen molar-refractivity contribution >= 4 is 46.4 Å². The molecule has 5 nitrogen and oxygen atoms in total. The number of hydrogen-bond acceptors (Lipinski definition) is 4. The van der Waals surface area contributed by atoms with E-state index in [0.29, 0.717) is 22.2 Å². The zero-order valence-electron chi connectivity index (χ0n) is 13.0. The van der Waals surface area contributed by atoms with Gasteiger partial charge < -0.3 is 9.47 Å². The van der Waals surface area contributed by atoms with E-state index in [0.717, 1.165) is 5.56 Å². The van der Waals surface area contributed by atoms with Gasteiger partial charge in [0, 0.05) is 5.02 Å². The van der Waals surface area contributed by atoms with Crippen LogP contribution in [0.4, 0.5) is 5.69 Å². The molecule has 24 heavy (non-hydrogen) atoms. The van der Waals surface area contributed by atoms with E-state index in [-0.39, 0.29) is 16.7 Å². The third kappa shape index (κ3) is 4.84. The monoisotopic (exact) mass is 388 g/mol. The average Bonchev–Trinajstić information content (AvgIpc) is 2.52. The molecule has 0 unspecified atom stereocenters. The minimum atomic E-state index is -0.417. The largest absolute Gasteiger partial charge is 0.493 e. The number of hydrogen-bond donors (Lipinski definition) is 2. The second kappa shape index (κ2) is 8.33. The first-order chi connectivity index (χ1) is 11.4. The summed E-state index contributed by atoms with van der Waals surface area (Å²) >= 11 is 17.9. The average molecular weight is 390 g/mol. The molecule has 0 bridgehead atoms. The van der Waals surface area contributed by atoms with Crippen molar-refractivity contribution in [2.75, 3.05) is 19.1 Å². The molecule has 0 spiro atoms. The van der Waals surface area contributed by atoms with E-state index in [2.05, 4.69) is 10.9 Å². The molecule has 2 rings (SSSR count). The standard InChI is InChI=1S/C16H15Cl3N2O3/c1-9-3-4-13(14(5-9)23-2)24-8-15(22)20-21-16-11(18)6-10(17)7-12(16)19/h3-7,21H,8H2,1-2H3,(H,20,22). The van der Waals surface area contributed by atoms with Gasteiger partial charge in [0.05, 0.1) is 22.8 Å². The summed E-state index contributed by atoms with van der Waals surface area (Å²) in [6.45, 7) is 1.72. The summed E-state index contributed by atoms with van der Waals surface area (Å²) in [4.78, 5) is 11.9. The van der Waals surface area contributed by atoms with Crippen LogP contribution in [0.5, 0.6) is 11.5 Å². The number of benzene rings is 2. The Morgan fingerprint density at radius 1 is 1.08 bits per heavy atom. The number of hydrazine groups is 1. The second-order valence-corrected chi connectivity index (χ2v) is 6.11. The third-order valence-corrected chi connectivity index (χ3v) is 3.83. The van der Waals surface area contributed by atoms with Crippen molar-refractivity contribution < 1.29 is 14.3 Å². The predicted octanol–water partition coefficient (Wildman–Crippen LogP) is 4.49. The van der Waals surface area contributed by atoms with Crippen molar-refractivity contribution in [2.45, 2.75) is 6.92 Å². The van der Waals surface area contributed by atoms with Crippen LogP contribution in [0.3, 0.4) is 0 Å². The minimum Gasteiger partial charge on any atom is -0.493 e. The van der Waals surface area contributed by atoms with E-state index in [1.165, 1.54) is 19.2 Å². The highest BCUT2D eigenvalue weighted by Crippen LogP contribution is 2.33. The van der Waals surface area contributed by atoms with Gasteiger partial charge in [-0.05, 0) is 36.8 Å². The van der Waals surface area contributed by atoms with Crippen LogP contribution < -0.4 is 20.3 Å². The zero-order chi connectivity index (χ0) is 17.7. The molecule has 0 aromatic heterocycles.